The van der Waals surface area contributed by atoms with Crippen LogP contribution in [0.3, 0.4) is 0 Å². The summed E-state index contributed by atoms with van der Waals surface area (Å²) in [4.78, 5) is 47.3. The number of nitrogens with one attached hydrogen (secondary N) is 1. The number of aliphatic imine (C=N–C) groups is 1. The van der Waals surface area contributed by atoms with Crippen LogP contribution < -0.4 is 29.5 Å². The number of aliphatic hydroxyl groups excluding tert-OH is 1. The second-order valence-electron chi connectivity index (χ2n) is 41.3. The first kappa shape index (κ1) is 109. The summed E-state index contributed by atoms with van der Waals surface area (Å²) < 4.78 is 75.1. The van der Waals surface area contributed by atoms with Crippen LogP contribution in [-0.4, -0.2) is 293 Å². The number of rotatable bonds is 26. The van der Waals surface area contributed by atoms with Crippen molar-refractivity contribution in [2.24, 2.45) is 4.99 Å². The van der Waals surface area contributed by atoms with Gasteiger partial charge in [-0.25, -0.2) is 53.9 Å². The van der Waals surface area contributed by atoms with Gasteiger partial charge in [0.15, 0.2) is 0 Å². The summed E-state index contributed by atoms with van der Waals surface area (Å²) in [5.41, 5.74) is 11.2. The lowest BCUT2D eigenvalue weighted by Gasteiger charge is -2.36. The van der Waals surface area contributed by atoms with E-state index >= 15 is 0 Å². The highest BCUT2D eigenvalue weighted by Crippen LogP contribution is 2.38. The number of halogens is 2. The zero-order valence-corrected chi connectivity index (χ0v) is 89.8. The summed E-state index contributed by atoms with van der Waals surface area (Å²) in [6.07, 6.45) is 13.6. The van der Waals surface area contributed by atoms with Gasteiger partial charge in [-0.05, 0) is 159 Å². The molecule has 39 heteroatoms. The topological polar surface area (TPSA) is 362 Å². The Balaban J connectivity index is 0.000000151. The molecule has 0 aliphatic carbocycles. The Kier molecular flexibility index (Phi) is 39.7. The molecule has 0 spiro atoms. The predicted octanol–water partition coefficient (Wildman–Crippen LogP) is 17.2. The molecule has 0 amide bonds. The molecule has 8 aliphatic rings. The van der Waals surface area contributed by atoms with Gasteiger partial charge in [0.2, 0.25) is 0 Å². The normalized spacial score (nSPS) is 21.0. The van der Waals surface area contributed by atoms with Crippen LogP contribution in [0.5, 0.6) is 23.0 Å². The lowest BCUT2D eigenvalue weighted by atomic mass is 10.0. The summed E-state index contributed by atoms with van der Waals surface area (Å²) in [5, 5.41) is 49.3. The monoisotopic (exact) mass is 2030 g/mol. The molecular weight excluding hydrogens is 1890 g/mol. The average molecular weight is 2030 g/mol. The summed E-state index contributed by atoms with van der Waals surface area (Å²) in [5.74, 6) is 4.78. The van der Waals surface area contributed by atoms with Crippen LogP contribution in [0.2, 0.25) is 82.2 Å². The number of hydrogen-bond acceptors (Lipinski definition) is 31. The lowest BCUT2D eigenvalue weighted by Crippen LogP contribution is -2.45. The smallest absolute Gasteiger partial charge is 0.140 e. The van der Waals surface area contributed by atoms with Gasteiger partial charge in [-0.2, -0.15) is 15.3 Å². The molecule has 15 heterocycles. The Bertz CT molecular complexity index is 5800. The standard InChI is InChI=1S/C28H41N5O4Si.C23H33N5O3Si.C23H28N4O3.C17H21ClN4O2Si.C6H13NO.C5H10O2.ClH/c1-20-16-32(17-21(2)36-20)27-15-26(29-18-30-27)28-24-14-23(37-22-8-10-34-11-9-22)6-7-25(24)31-33(28)19-35-12-13-38(3,4)5;1-16-12-27(13-17(2)31-16)22-11-21(24-14-25-22)23-19-10-18(29)6-7-20(19)26-28(23)15-30-8-9-32(3,4)5;1-15-12-27(13-16(2)29-15)22-10-21(25-14-26-22)23-20-9-19(4-3-17(20)11-24-23)30-18-5-7-28-8-6-18;1-25(2,3)7-6-24-11-22-17(15-9-16(18)20-10-19-15)13-8-12(23)4-5-14(13)21-22;1-5-3-7-4-6(2)8-5;6-5-1-3-7-4-2-5;/h6-7,14-15,18,20-22H,8-13,16-17,19H2,1-5H3;6-7,10-11,14,16-17,29H,8-9,12-13,15H2,1-5H3;3-4,9-10,14-16,18H,5-8,11-13H2,1-2H3;4-5,8-10,23H,6-7,11H2,1-3H3;5-7H,3-4H2,1-2H3;5-6H,1-4H2;1H/t20-,21+;16-,17+;15-,16+;;5-,6+;;. The minimum absolute atomic E-state index is 0. The summed E-state index contributed by atoms with van der Waals surface area (Å²) in [7, 11) is -3.51. The average Bonchev–Trinajstić information content (AvgIpc) is 1.65. The molecule has 7 aromatic heterocycles. The molecule has 4 N–H and O–H groups in total. The number of benzene rings is 4. The van der Waals surface area contributed by atoms with Gasteiger partial charge in [0, 0.05) is 181 Å². The molecular formula is C102H147Cl2N19O15Si3. The first-order valence-electron chi connectivity index (χ1n) is 49.7. The molecule has 0 saturated carbocycles. The molecule has 8 aliphatic heterocycles. The number of aromatic hydroxyl groups is 2. The van der Waals surface area contributed by atoms with Crippen molar-refractivity contribution in [2.45, 2.75) is 265 Å². The van der Waals surface area contributed by atoms with Crippen LogP contribution in [0.4, 0.5) is 17.5 Å². The first-order valence-corrected chi connectivity index (χ1v) is 61.2. The van der Waals surface area contributed by atoms with Gasteiger partial charge in [-0.15, -0.1) is 12.4 Å². The molecule has 766 valence electrons. The van der Waals surface area contributed by atoms with Crippen LogP contribution in [-0.2, 0) is 74.1 Å². The molecule has 19 rings (SSSR count). The highest BCUT2D eigenvalue weighted by molar-refractivity contribution is 6.76. The van der Waals surface area contributed by atoms with Crippen molar-refractivity contribution in [3.63, 3.8) is 0 Å². The fourth-order valence-electron chi connectivity index (χ4n) is 17.7. The van der Waals surface area contributed by atoms with Crippen molar-refractivity contribution in [2.75, 3.05) is 127 Å². The number of fused-ring (bicyclic) bond motifs is 4. The number of nitrogens with zero attached hydrogens (tertiary/aromatic N) is 18. The molecule has 7 fully saturated rings. The van der Waals surface area contributed by atoms with E-state index < -0.39 is 24.2 Å². The van der Waals surface area contributed by atoms with Crippen molar-refractivity contribution in [1.82, 2.24) is 74.5 Å². The maximum Gasteiger partial charge on any atom is 0.140 e. The fourth-order valence-corrected chi connectivity index (χ4v) is 20.1. The highest BCUT2D eigenvalue weighted by atomic mass is 35.5. The van der Waals surface area contributed by atoms with Gasteiger partial charge in [0.05, 0.1) is 150 Å². The molecule has 141 heavy (non-hydrogen) atoms. The minimum atomic E-state index is -1.19. The van der Waals surface area contributed by atoms with E-state index in [9.17, 15) is 10.2 Å². The molecule has 11 aromatic rings. The minimum Gasteiger partial charge on any atom is -0.508 e. The second-order valence-corrected chi connectivity index (χ2v) is 58.5. The van der Waals surface area contributed by atoms with Crippen LogP contribution in [0.1, 0.15) is 111 Å². The number of hydrogen-bond donors (Lipinski definition) is 4. The molecule has 0 unspecified atom stereocenters. The molecule has 4 aromatic carbocycles. The number of ether oxygens (including phenoxy) is 12. The van der Waals surface area contributed by atoms with Crippen LogP contribution in [0.15, 0.2) is 127 Å². The maximum atomic E-state index is 10.1. The largest absolute Gasteiger partial charge is 0.508 e. The van der Waals surface area contributed by atoms with E-state index in [1.165, 1.54) is 11.9 Å². The summed E-state index contributed by atoms with van der Waals surface area (Å²) in [6.45, 7) is 52.9. The van der Waals surface area contributed by atoms with Crippen molar-refractivity contribution >= 4 is 104 Å². The molecule has 8 atom stereocenters. The van der Waals surface area contributed by atoms with E-state index in [1.54, 1.807) is 60.1 Å². The Morgan fingerprint density at radius 3 is 1.11 bits per heavy atom. The van der Waals surface area contributed by atoms with Crippen molar-refractivity contribution < 1.29 is 72.2 Å². The van der Waals surface area contributed by atoms with E-state index in [0.717, 1.165) is 262 Å². The van der Waals surface area contributed by atoms with E-state index in [2.05, 4.69) is 205 Å². The Hall–Kier alpha value is -9.37. The quantitative estimate of drug-likeness (QED) is 0.0222. The molecule has 7 saturated heterocycles. The zero-order valence-electron chi connectivity index (χ0n) is 85.2. The Labute approximate surface area is 843 Å². The summed E-state index contributed by atoms with van der Waals surface area (Å²) >= 11 is 6.02. The number of anilines is 3. The Morgan fingerprint density at radius 1 is 0.397 bits per heavy atom. The van der Waals surface area contributed by atoms with E-state index in [4.69, 9.17) is 93.7 Å². The number of aliphatic hydroxyl groups is 1. The molecule has 0 bridgehead atoms. The predicted molar refractivity (Wildman–Crippen MR) is 563 cm³/mol. The number of aromatic nitrogens is 14. The maximum absolute atomic E-state index is 10.1. The van der Waals surface area contributed by atoms with Crippen LogP contribution in [0, 0.1) is 0 Å². The van der Waals surface area contributed by atoms with E-state index in [1.807, 2.05) is 39.7 Å². The third kappa shape index (κ3) is 32.6. The van der Waals surface area contributed by atoms with Gasteiger partial charge in [0.25, 0.3) is 0 Å². The molecule has 34 nitrogen and oxygen atoms in total. The van der Waals surface area contributed by atoms with Crippen molar-refractivity contribution in [3.8, 4) is 57.2 Å². The number of morpholine rings is 4. The second kappa shape index (κ2) is 51.4. The van der Waals surface area contributed by atoms with Gasteiger partial charge in [-0.3, -0.25) is 4.99 Å². The SMILES string of the molecule is C[C@@H]1CN(c2cc(-c3c4cc(O)ccc4nn3COCC[Si](C)(C)C)ncn2)C[C@H](C)O1.C[C@@H]1CN(c2cc(-c3c4cc(OC5CCOCC5)ccc4nn3COCC[Si](C)(C)C)ncn2)C[C@H](C)O1.C[C@@H]1CN(c2cc(C3=NCc4ccc(OC5CCOCC5)cc43)ncn2)C[C@H](C)O1.C[C@@H]1CNC[C@H](C)O1.C[Si](C)(C)CCOCn1nc2ccc(O)cc2c1-c1cc(Cl)ncn1.Cl.OC1CCOCC1. The van der Waals surface area contributed by atoms with Gasteiger partial charge < -0.3 is 92.2 Å². The van der Waals surface area contributed by atoms with Gasteiger partial charge in [-0.1, -0.05) is 76.6 Å². The highest BCUT2D eigenvalue weighted by Gasteiger charge is 2.32. The Morgan fingerprint density at radius 2 is 0.738 bits per heavy atom. The number of phenols is 2. The third-order valence-corrected chi connectivity index (χ3v) is 30.1. The van der Waals surface area contributed by atoms with Gasteiger partial charge in [0.1, 0.15) is 103 Å². The fraction of sp³-hybridized carbons (Fsp3) is 0.569. The zero-order chi connectivity index (χ0) is 99.2. The van der Waals surface area contributed by atoms with Gasteiger partial charge >= 0.3 is 0 Å². The van der Waals surface area contributed by atoms with Crippen LogP contribution in [0.25, 0.3) is 66.9 Å². The van der Waals surface area contributed by atoms with Crippen molar-refractivity contribution in [1.29, 1.82) is 0 Å². The summed E-state index contributed by atoms with van der Waals surface area (Å²) in [6, 6.07) is 33.7. The lowest BCUT2D eigenvalue weighted by molar-refractivity contribution is -0.0166. The molecule has 0 radical (unpaired) electrons. The third-order valence-electron chi connectivity index (χ3n) is 24.8. The van der Waals surface area contributed by atoms with E-state index in [-0.39, 0.29) is 78.8 Å². The van der Waals surface area contributed by atoms with Crippen LogP contribution >= 0.6 is 24.0 Å². The van der Waals surface area contributed by atoms with Crippen molar-refractivity contribution in [3.05, 3.63) is 144 Å². The first-order chi connectivity index (χ1) is 67.1. The number of phenolic OH excluding ortho intramolecular Hbond substituents is 2. The van der Waals surface area contributed by atoms with E-state index in [0.29, 0.717) is 63.0 Å².